The molecular formula is C89H148O17P2. The Morgan fingerprint density at radius 1 is 0.269 bits per heavy atom. The summed E-state index contributed by atoms with van der Waals surface area (Å²) >= 11 is 0. The standard InChI is InChI=1S/C89H148O17P2/c1-5-9-13-17-21-25-29-33-37-40-41-44-47-50-54-58-62-66-70-74-87(92)100-80-85(106-89(94)76-72-68-64-60-56-52-48-43-39-35-31-27-23-19-15-11-7-3)82-104-108(97,98)102-78-83(90)77-101-107(95,96)103-81-84(105-88(93)75-71-67-63-59-55-51-45-36-32-28-24-20-16-12-8-4)79-99-86(91)73-69-65-61-57-53-49-46-42-38-34-30-26-22-18-14-10-6-2/h9-11,13-15,21-23,25-27,33-39,41,44-45,48,50,52,54,83-85,90H,5-8,12,16-20,24,28-32,40,42-43,46-47,49,51,53,55-82H2,1-4H3,(H,95,96)(H,97,98)/b13-9-,14-10-,15-11-,25-21-,26-22-,27-23-,37-33-,38-34-,39-35-,44-41-,45-36-,52-48-,54-50-. The first-order valence-electron chi connectivity index (χ1n) is 41.7. The highest BCUT2D eigenvalue weighted by Crippen LogP contribution is 2.45. The summed E-state index contributed by atoms with van der Waals surface area (Å²) in [4.78, 5) is 73.2. The minimum Gasteiger partial charge on any atom is -0.462 e. The van der Waals surface area contributed by atoms with Crippen molar-refractivity contribution in [3.05, 3.63) is 158 Å². The molecule has 0 aliphatic heterocycles. The van der Waals surface area contributed by atoms with Gasteiger partial charge < -0.3 is 33.8 Å². The summed E-state index contributed by atoms with van der Waals surface area (Å²) in [7, 11) is -10.00. The zero-order chi connectivity index (χ0) is 78.9. The van der Waals surface area contributed by atoms with Crippen LogP contribution in [0.5, 0.6) is 0 Å². The maximum absolute atomic E-state index is 13.1. The fourth-order valence-electron chi connectivity index (χ4n) is 10.7. The highest BCUT2D eigenvalue weighted by atomic mass is 31.2. The van der Waals surface area contributed by atoms with Crippen LogP contribution < -0.4 is 0 Å². The van der Waals surface area contributed by atoms with E-state index in [1.807, 2.05) is 0 Å². The molecule has 17 nitrogen and oxygen atoms in total. The molecule has 108 heavy (non-hydrogen) atoms. The van der Waals surface area contributed by atoms with Crippen molar-refractivity contribution < 1.29 is 80.2 Å². The van der Waals surface area contributed by atoms with Gasteiger partial charge >= 0.3 is 39.5 Å². The Kier molecular flexibility index (Phi) is 75.8. The Hall–Kier alpha value is -5.32. The number of unbranched alkanes of at least 4 members (excludes halogenated alkanes) is 25. The normalized spacial score (nSPS) is 14.6. The third kappa shape index (κ3) is 78.8. The van der Waals surface area contributed by atoms with Gasteiger partial charge in [-0.15, -0.1) is 0 Å². The van der Waals surface area contributed by atoms with Crippen LogP contribution in [0.1, 0.15) is 323 Å². The minimum absolute atomic E-state index is 0.0539. The number of allylic oxidation sites excluding steroid dienone is 26. The summed E-state index contributed by atoms with van der Waals surface area (Å²) in [6.45, 7) is 4.47. The molecule has 0 bridgehead atoms. The number of hydrogen-bond acceptors (Lipinski definition) is 15. The molecule has 0 rings (SSSR count). The van der Waals surface area contributed by atoms with E-state index in [1.165, 1.54) is 38.5 Å². The molecule has 0 radical (unpaired) electrons. The summed E-state index contributed by atoms with van der Waals surface area (Å²) in [6, 6.07) is 0. The summed E-state index contributed by atoms with van der Waals surface area (Å²) in [5.41, 5.74) is 0. The van der Waals surface area contributed by atoms with Crippen LogP contribution in [0.15, 0.2) is 158 Å². The van der Waals surface area contributed by atoms with Gasteiger partial charge in [-0.25, -0.2) is 9.13 Å². The number of carbonyl (C=O) groups excluding carboxylic acids is 4. The molecule has 0 saturated heterocycles. The molecule has 5 atom stereocenters. The van der Waals surface area contributed by atoms with Gasteiger partial charge in [-0.3, -0.25) is 37.3 Å². The van der Waals surface area contributed by atoms with E-state index in [0.717, 1.165) is 205 Å². The van der Waals surface area contributed by atoms with Crippen LogP contribution in [0.2, 0.25) is 0 Å². The molecule has 19 heteroatoms. The molecule has 0 saturated carbocycles. The summed E-state index contributed by atoms with van der Waals surface area (Å²) in [5.74, 6) is -2.26. The maximum atomic E-state index is 13.1. The van der Waals surface area contributed by atoms with Crippen molar-refractivity contribution in [2.24, 2.45) is 0 Å². The largest absolute Gasteiger partial charge is 0.472 e. The molecular weight excluding hydrogens is 1400 g/mol. The van der Waals surface area contributed by atoms with Crippen molar-refractivity contribution in [3.8, 4) is 0 Å². The summed E-state index contributed by atoms with van der Waals surface area (Å²) in [5, 5.41) is 10.7. The number of phosphoric acid groups is 2. The number of ether oxygens (including phenoxy) is 4. The van der Waals surface area contributed by atoms with Gasteiger partial charge in [0.05, 0.1) is 26.4 Å². The van der Waals surface area contributed by atoms with Crippen molar-refractivity contribution in [1.82, 2.24) is 0 Å². The van der Waals surface area contributed by atoms with Gasteiger partial charge in [-0.1, -0.05) is 288 Å². The van der Waals surface area contributed by atoms with Crippen molar-refractivity contribution in [2.45, 2.75) is 341 Å². The highest BCUT2D eigenvalue weighted by Gasteiger charge is 2.30. The summed E-state index contributed by atoms with van der Waals surface area (Å²) < 4.78 is 68.7. The van der Waals surface area contributed by atoms with Gasteiger partial charge in [-0.2, -0.15) is 0 Å². The highest BCUT2D eigenvalue weighted by molar-refractivity contribution is 7.47. The lowest BCUT2D eigenvalue weighted by Crippen LogP contribution is -2.30. The second-order valence-electron chi connectivity index (χ2n) is 27.3. The van der Waals surface area contributed by atoms with Crippen molar-refractivity contribution in [1.29, 1.82) is 0 Å². The first-order valence-corrected chi connectivity index (χ1v) is 44.7. The number of hydrogen-bond donors (Lipinski definition) is 3. The number of phosphoric ester groups is 2. The van der Waals surface area contributed by atoms with E-state index in [4.69, 9.17) is 37.0 Å². The molecule has 5 unspecified atom stereocenters. The molecule has 0 aromatic heterocycles. The van der Waals surface area contributed by atoms with Crippen LogP contribution >= 0.6 is 15.6 Å². The summed E-state index contributed by atoms with van der Waals surface area (Å²) in [6.07, 6.45) is 93.5. The zero-order valence-corrected chi connectivity index (χ0v) is 69.3. The van der Waals surface area contributed by atoms with Gasteiger partial charge in [0.2, 0.25) is 0 Å². The molecule has 3 N–H and O–H groups in total. The molecule has 0 fully saturated rings. The van der Waals surface area contributed by atoms with E-state index < -0.39 is 97.5 Å². The zero-order valence-electron chi connectivity index (χ0n) is 67.5. The fraction of sp³-hybridized carbons (Fsp3) is 0.663. The van der Waals surface area contributed by atoms with Gasteiger partial charge in [0, 0.05) is 25.7 Å². The molecule has 0 heterocycles. The maximum Gasteiger partial charge on any atom is 0.472 e. The molecule has 0 spiro atoms. The Bertz CT molecular complexity index is 2660. The number of rotatable bonds is 77. The Morgan fingerprint density at radius 3 is 0.759 bits per heavy atom. The first-order chi connectivity index (χ1) is 52.7. The van der Waals surface area contributed by atoms with Crippen LogP contribution in [0.25, 0.3) is 0 Å². The number of aliphatic hydroxyl groups is 1. The minimum atomic E-state index is -5.00. The Labute approximate surface area is 655 Å². The molecule has 0 amide bonds. The predicted molar refractivity (Wildman–Crippen MR) is 445 cm³/mol. The molecule has 0 aliphatic carbocycles. The predicted octanol–water partition coefficient (Wildman–Crippen LogP) is 24.8. The Balaban J connectivity index is 5.45. The first kappa shape index (κ1) is 103. The van der Waals surface area contributed by atoms with E-state index >= 15 is 0 Å². The van der Waals surface area contributed by atoms with Gasteiger partial charge in [0.25, 0.3) is 0 Å². The second kappa shape index (κ2) is 79.8. The SMILES string of the molecule is CC/C=C\C/C=C\C/C=C\C/C=C\C/C=C\CCCCCC(=O)OCC(COP(=O)(O)OCC(O)COP(=O)(O)OCC(COC(=O)CCCCCCCCC/C=C\C/C=C\C/C=C\CC)OC(=O)CCCCCCC/C=C\CCCCCCCC)OC(=O)CCCCCC/C=C\C/C=C\C/C=C\C/C=C\CC. The van der Waals surface area contributed by atoms with Gasteiger partial charge in [-0.05, 0) is 167 Å². The van der Waals surface area contributed by atoms with Crippen LogP contribution in [-0.2, 0) is 65.4 Å². The third-order valence-electron chi connectivity index (χ3n) is 17.0. The topological polar surface area (TPSA) is 237 Å². The van der Waals surface area contributed by atoms with Crippen molar-refractivity contribution in [3.63, 3.8) is 0 Å². The lowest BCUT2D eigenvalue weighted by atomic mass is 10.1. The Morgan fingerprint density at radius 2 is 0.481 bits per heavy atom. The fourth-order valence-corrected chi connectivity index (χ4v) is 12.3. The second-order valence-corrected chi connectivity index (χ2v) is 30.2. The van der Waals surface area contributed by atoms with E-state index in [2.05, 4.69) is 186 Å². The molecule has 0 aliphatic rings. The quantitative estimate of drug-likeness (QED) is 0.0169. The average molecular weight is 1550 g/mol. The van der Waals surface area contributed by atoms with Crippen molar-refractivity contribution in [2.75, 3.05) is 39.6 Å². The van der Waals surface area contributed by atoms with Crippen LogP contribution in [0.3, 0.4) is 0 Å². The lowest BCUT2D eigenvalue weighted by Gasteiger charge is -2.21. The van der Waals surface area contributed by atoms with E-state index in [-0.39, 0.29) is 25.7 Å². The smallest absolute Gasteiger partial charge is 0.462 e. The van der Waals surface area contributed by atoms with Crippen LogP contribution in [-0.4, -0.2) is 96.7 Å². The van der Waals surface area contributed by atoms with Gasteiger partial charge in [0.1, 0.15) is 19.3 Å². The van der Waals surface area contributed by atoms with Crippen LogP contribution in [0, 0.1) is 0 Å². The average Bonchev–Trinajstić information content (AvgIpc) is 0.906. The number of carbonyl (C=O) groups is 4. The lowest BCUT2D eigenvalue weighted by molar-refractivity contribution is -0.161. The van der Waals surface area contributed by atoms with Crippen molar-refractivity contribution >= 4 is 39.5 Å². The molecule has 0 aromatic rings. The molecule has 0 aromatic carbocycles. The third-order valence-corrected chi connectivity index (χ3v) is 18.9. The van der Waals surface area contributed by atoms with Crippen LogP contribution in [0.4, 0.5) is 0 Å². The van der Waals surface area contributed by atoms with E-state index in [1.54, 1.807) is 0 Å². The van der Waals surface area contributed by atoms with Gasteiger partial charge in [0.15, 0.2) is 12.2 Å². The van der Waals surface area contributed by atoms with E-state index in [0.29, 0.717) is 25.7 Å². The molecule has 616 valence electrons. The van der Waals surface area contributed by atoms with E-state index in [9.17, 15) is 43.2 Å². The monoisotopic (exact) mass is 1550 g/mol. The number of esters is 4. The number of aliphatic hydroxyl groups excluding tert-OH is 1.